The monoisotopic (exact) mass is 334 g/mol. The lowest BCUT2D eigenvalue weighted by Crippen LogP contribution is -2.00. The van der Waals surface area contributed by atoms with E-state index >= 15 is 0 Å². The molecule has 0 atom stereocenters. The highest BCUT2D eigenvalue weighted by molar-refractivity contribution is 6.09. The van der Waals surface area contributed by atoms with Crippen LogP contribution < -0.4 is 5.32 Å². The number of aromatic nitrogens is 1. The minimum atomic E-state index is 1.08. The van der Waals surface area contributed by atoms with Crippen molar-refractivity contribution in [2.75, 3.05) is 5.32 Å². The number of anilines is 2. The first-order valence-corrected chi connectivity index (χ1v) is 8.81. The third-order valence-electron chi connectivity index (χ3n) is 4.78. The van der Waals surface area contributed by atoms with Crippen molar-refractivity contribution in [3.8, 4) is 5.69 Å². The smallest absolute Gasteiger partial charge is 0.0697 e. The summed E-state index contributed by atoms with van der Waals surface area (Å²) in [4.78, 5) is 0. The molecule has 0 aliphatic rings. The Kier molecular flexibility index (Phi) is 3.46. The van der Waals surface area contributed by atoms with Gasteiger partial charge in [0.2, 0.25) is 0 Å². The van der Waals surface area contributed by atoms with Crippen molar-refractivity contribution in [3.05, 3.63) is 103 Å². The number of fused-ring (bicyclic) bond motifs is 3. The van der Waals surface area contributed by atoms with E-state index in [9.17, 15) is 0 Å². The molecule has 0 amide bonds. The fraction of sp³-hybridized carbons (Fsp3) is 0. The maximum Gasteiger partial charge on any atom is 0.0697 e. The summed E-state index contributed by atoms with van der Waals surface area (Å²) in [7, 11) is 0. The maximum atomic E-state index is 3.57. The van der Waals surface area contributed by atoms with Crippen LogP contribution in [-0.4, -0.2) is 4.57 Å². The molecule has 0 radical (unpaired) electrons. The Balaban J connectivity index is 1.78. The highest BCUT2D eigenvalue weighted by Gasteiger charge is 2.13. The Hall–Kier alpha value is -3.52. The van der Waals surface area contributed by atoms with Crippen LogP contribution in [0.5, 0.6) is 0 Å². The first-order valence-electron chi connectivity index (χ1n) is 8.81. The van der Waals surface area contributed by atoms with Crippen LogP contribution >= 0.6 is 0 Å². The fourth-order valence-corrected chi connectivity index (χ4v) is 3.63. The van der Waals surface area contributed by atoms with Gasteiger partial charge in [0.1, 0.15) is 0 Å². The zero-order valence-electron chi connectivity index (χ0n) is 14.3. The summed E-state index contributed by atoms with van der Waals surface area (Å²) >= 11 is 0. The van der Waals surface area contributed by atoms with Gasteiger partial charge in [-0.05, 0) is 36.4 Å². The van der Waals surface area contributed by atoms with Gasteiger partial charge in [0.05, 0.1) is 22.4 Å². The van der Waals surface area contributed by atoms with Gasteiger partial charge in [-0.3, -0.25) is 0 Å². The first-order chi connectivity index (χ1) is 12.9. The number of para-hydroxylation sites is 5. The zero-order chi connectivity index (χ0) is 17.3. The molecule has 0 spiro atoms. The molecule has 124 valence electrons. The molecule has 2 nitrogen and oxygen atoms in total. The number of hydrogen-bond donors (Lipinski definition) is 1. The number of benzene rings is 4. The standard InChI is InChI=1S/C24H18N2/c1-2-10-18(11-3-1)25-21-14-6-9-17-24(21)26-22-15-7-4-12-19(22)20-13-5-8-16-23(20)26/h1-17,25H. The SMILES string of the molecule is c1ccc(Nc2ccccc2-n2c3ccccc3c3ccccc32)cc1. The molecule has 0 unspecified atom stereocenters. The van der Waals surface area contributed by atoms with E-state index in [4.69, 9.17) is 0 Å². The lowest BCUT2D eigenvalue weighted by Gasteiger charge is -2.15. The van der Waals surface area contributed by atoms with Crippen molar-refractivity contribution in [3.63, 3.8) is 0 Å². The minimum absolute atomic E-state index is 1.08. The highest BCUT2D eigenvalue weighted by Crippen LogP contribution is 2.34. The van der Waals surface area contributed by atoms with Gasteiger partial charge in [-0.25, -0.2) is 0 Å². The van der Waals surface area contributed by atoms with E-state index in [0.717, 1.165) is 17.1 Å². The maximum absolute atomic E-state index is 3.57. The molecule has 0 aliphatic carbocycles. The number of hydrogen-bond acceptors (Lipinski definition) is 1. The van der Waals surface area contributed by atoms with Crippen molar-refractivity contribution < 1.29 is 0 Å². The minimum Gasteiger partial charge on any atom is -0.354 e. The summed E-state index contributed by atoms with van der Waals surface area (Å²) in [5.74, 6) is 0. The van der Waals surface area contributed by atoms with Crippen molar-refractivity contribution in [1.82, 2.24) is 4.57 Å². The van der Waals surface area contributed by atoms with Gasteiger partial charge >= 0.3 is 0 Å². The van der Waals surface area contributed by atoms with Gasteiger partial charge in [0.25, 0.3) is 0 Å². The molecular weight excluding hydrogens is 316 g/mol. The number of nitrogens with one attached hydrogen (secondary N) is 1. The average Bonchev–Trinajstić information content (AvgIpc) is 3.04. The van der Waals surface area contributed by atoms with Gasteiger partial charge in [-0.15, -0.1) is 0 Å². The summed E-state index contributed by atoms with van der Waals surface area (Å²) in [6.45, 7) is 0. The van der Waals surface area contributed by atoms with E-state index in [1.54, 1.807) is 0 Å². The lowest BCUT2D eigenvalue weighted by molar-refractivity contribution is 1.18. The number of rotatable bonds is 3. The van der Waals surface area contributed by atoms with E-state index in [-0.39, 0.29) is 0 Å². The summed E-state index contributed by atoms with van der Waals surface area (Å²) in [5, 5.41) is 6.12. The van der Waals surface area contributed by atoms with Gasteiger partial charge < -0.3 is 9.88 Å². The second-order valence-electron chi connectivity index (χ2n) is 6.38. The van der Waals surface area contributed by atoms with Crippen LogP contribution in [0.25, 0.3) is 27.5 Å². The van der Waals surface area contributed by atoms with Crippen LogP contribution in [0.1, 0.15) is 0 Å². The van der Waals surface area contributed by atoms with Gasteiger partial charge in [0, 0.05) is 16.5 Å². The summed E-state index contributed by atoms with van der Waals surface area (Å²) < 4.78 is 2.34. The van der Waals surface area contributed by atoms with Gasteiger partial charge in [-0.1, -0.05) is 66.7 Å². The highest BCUT2D eigenvalue weighted by atomic mass is 15.0. The molecule has 26 heavy (non-hydrogen) atoms. The van der Waals surface area contributed by atoms with Crippen LogP contribution in [0.15, 0.2) is 103 Å². The van der Waals surface area contributed by atoms with Crippen LogP contribution in [0.4, 0.5) is 11.4 Å². The van der Waals surface area contributed by atoms with E-state index in [2.05, 4.69) is 94.8 Å². The Morgan fingerprint density at radius 3 is 1.73 bits per heavy atom. The topological polar surface area (TPSA) is 17.0 Å². The second-order valence-corrected chi connectivity index (χ2v) is 6.38. The lowest BCUT2D eigenvalue weighted by atomic mass is 10.2. The molecule has 2 heteroatoms. The third-order valence-corrected chi connectivity index (χ3v) is 4.78. The van der Waals surface area contributed by atoms with Crippen molar-refractivity contribution in [2.45, 2.75) is 0 Å². The molecule has 5 aromatic rings. The molecule has 0 bridgehead atoms. The Morgan fingerprint density at radius 2 is 1.04 bits per heavy atom. The largest absolute Gasteiger partial charge is 0.354 e. The fourth-order valence-electron chi connectivity index (χ4n) is 3.63. The Labute approximate surface area is 152 Å². The summed E-state index contributed by atoms with van der Waals surface area (Å²) in [6, 6.07) is 35.9. The van der Waals surface area contributed by atoms with Crippen molar-refractivity contribution in [1.29, 1.82) is 0 Å². The molecule has 0 saturated heterocycles. The van der Waals surface area contributed by atoms with Crippen LogP contribution in [0, 0.1) is 0 Å². The van der Waals surface area contributed by atoms with Crippen molar-refractivity contribution in [2.24, 2.45) is 0 Å². The van der Waals surface area contributed by atoms with Crippen LogP contribution in [0.2, 0.25) is 0 Å². The first kappa shape index (κ1) is 14.8. The van der Waals surface area contributed by atoms with Crippen LogP contribution in [-0.2, 0) is 0 Å². The third kappa shape index (κ3) is 2.35. The molecule has 0 saturated carbocycles. The van der Waals surface area contributed by atoms with E-state index in [1.807, 2.05) is 18.2 Å². The normalized spacial score (nSPS) is 11.1. The van der Waals surface area contributed by atoms with Crippen LogP contribution in [0.3, 0.4) is 0 Å². The molecule has 1 heterocycles. The zero-order valence-corrected chi connectivity index (χ0v) is 14.3. The Bertz CT molecular complexity index is 1150. The molecule has 0 fully saturated rings. The van der Waals surface area contributed by atoms with Gasteiger partial charge in [0.15, 0.2) is 0 Å². The van der Waals surface area contributed by atoms with Gasteiger partial charge in [-0.2, -0.15) is 0 Å². The molecule has 4 aromatic carbocycles. The average molecular weight is 334 g/mol. The Morgan fingerprint density at radius 1 is 0.500 bits per heavy atom. The predicted molar refractivity (Wildman–Crippen MR) is 111 cm³/mol. The predicted octanol–water partition coefficient (Wildman–Crippen LogP) is 6.53. The quantitative estimate of drug-likeness (QED) is 0.397. The molecule has 1 N–H and O–H groups in total. The molecular formula is C24H18N2. The van der Waals surface area contributed by atoms with E-state index < -0.39 is 0 Å². The summed E-state index contributed by atoms with van der Waals surface area (Å²) in [5.41, 5.74) is 5.76. The van der Waals surface area contributed by atoms with Crippen molar-refractivity contribution >= 4 is 33.2 Å². The molecule has 5 rings (SSSR count). The molecule has 1 aromatic heterocycles. The van der Waals surface area contributed by atoms with E-state index in [0.29, 0.717) is 0 Å². The molecule has 0 aliphatic heterocycles. The van der Waals surface area contributed by atoms with E-state index in [1.165, 1.54) is 21.8 Å². The number of nitrogens with zero attached hydrogens (tertiary/aromatic N) is 1. The summed E-state index contributed by atoms with van der Waals surface area (Å²) in [6.07, 6.45) is 0. The second kappa shape index (κ2) is 6.08.